The number of ether oxygens (including phenoxy) is 1. The zero-order valence-corrected chi connectivity index (χ0v) is 18.6. The molecular formula is C21H36N4O3. The quantitative estimate of drug-likeness (QED) is 0.698. The van der Waals surface area contributed by atoms with E-state index < -0.39 is 5.41 Å². The van der Waals surface area contributed by atoms with E-state index in [1.54, 1.807) is 0 Å². The van der Waals surface area contributed by atoms with Crippen LogP contribution in [0.5, 0.6) is 0 Å². The van der Waals surface area contributed by atoms with Crippen molar-refractivity contribution < 1.29 is 14.3 Å². The molecule has 1 rings (SSSR count). The van der Waals surface area contributed by atoms with Gasteiger partial charge in [-0.1, -0.05) is 20.8 Å². The average Bonchev–Trinajstić information content (AvgIpc) is 2.57. The second kappa shape index (κ2) is 10.4. The number of hydrogen-bond acceptors (Lipinski definition) is 5. The van der Waals surface area contributed by atoms with Gasteiger partial charge in [0.05, 0.1) is 0 Å². The highest BCUT2D eigenvalue weighted by molar-refractivity contribution is 5.92. The Morgan fingerprint density at radius 1 is 1.07 bits per heavy atom. The SMILES string of the molecule is COCC(=O)Nc1ccc(N(C)C)c(CN(CCN(C)C)C(=O)C(C)(C)C)c1. The van der Waals surface area contributed by atoms with Crippen molar-refractivity contribution in [2.45, 2.75) is 27.3 Å². The van der Waals surface area contributed by atoms with E-state index in [4.69, 9.17) is 4.74 Å². The van der Waals surface area contributed by atoms with E-state index in [9.17, 15) is 9.59 Å². The summed E-state index contributed by atoms with van der Waals surface area (Å²) in [5.41, 5.74) is 2.23. The van der Waals surface area contributed by atoms with Crippen molar-refractivity contribution in [1.29, 1.82) is 0 Å². The molecule has 1 aromatic rings. The zero-order valence-electron chi connectivity index (χ0n) is 18.6. The average molecular weight is 393 g/mol. The molecule has 0 saturated carbocycles. The fourth-order valence-corrected chi connectivity index (χ4v) is 2.81. The Labute approximate surface area is 169 Å². The number of likely N-dealkylation sites (N-methyl/N-ethyl adjacent to an activating group) is 1. The van der Waals surface area contributed by atoms with Crippen LogP contribution in [-0.4, -0.2) is 76.6 Å². The van der Waals surface area contributed by atoms with Crippen LogP contribution in [0.4, 0.5) is 11.4 Å². The minimum Gasteiger partial charge on any atom is -0.377 e. The molecule has 0 fully saturated rings. The predicted molar refractivity (Wildman–Crippen MR) is 115 cm³/mol. The number of anilines is 2. The highest BCUT2D eigenvalue weighted by Gasteiger charge is 2.28. The van der Waals surface area contributed by atoms with Crippen LogP contribution in [0, 0.1) is 5.41 Å². The van der Waals surface area contributed by atoms with Crippen molar-refractivity contribution in [2.24, 2.45) is 5.41 Å². The topological polar surface area (TPSA) is 65.1 Å². The van der Waals surface area contributed by atoms with E-state index in [1.165, 1.54) is 7.11 Å². The first-order valence-electron chi connectivity index (χ1n) is 9.49. The molecule has 7 heteroatoms. The van der Waals surface area contributed by atoms with Crippen molar-refractivity contribution in [3.8, 4) is 0 Å². The molecule has 0 aromatic heterocycles. The van der Waals surface area contributed by atoms with Gasteiger partial charge in [0.1, 0.15) is 6.61 Å². The summed E-state index contributed by atoms with van der Waals surface area (Å²) >= 11 is 0. The summed E-state index contributed by atoms with van der Waals surface area (Å²) in [4.78, 5) is 30.9. The zero-order chi connectivity index (χ0) is 21.5. The second-order valence-electron chi connectivity index (χ2n) is 8.50. The molecule has 0 radical (unpaired) electrons. The summed E-state index contributed by atoms with van der Waals surface area (Å²) < 4.78 is 4.88. The molecule has 1 N–H and O–H groups in total. The Balaban J connectivity index is 3.19. The summed E-state index contributed by atoms with van der Waals surface area (Å²) in [6.45, 7) is 7.71. The highest BCUT2D eigenvalue weighted by Crippen LogP contribution is 2.26. The first-order valence-corrected chi connectivity index (χ1v) is 9.49. The summed E-state index contributed by atoms with van der Waals surface area (Å²) in [7, 11) is 9.42. The molecule has 0 aliphatic rings. The van der Waals surface area contributed by atoms with Gasteiger partial charge in [0.25, 0.3) is 0 Å². The maximum atomic E-state index is 13.0. The Morgan fingerprint density at radius 3 is 2.21 bits per heavy atom. The maximum Gasteiger partial charge on any atom is 0.250 e. The molecule has 7 nitrogen and oxygen atoms in total. The van der Waals surface area contributed by atoms with E-state index >= 15 is 0 Å². The minimum absolute atomic E-state index is 0.00222. The number of methoxy groups -OCH3 is 1. The van der Waals surface area contributed by atoms with Gasteiger partial charge in [-0.15, -0.1) is 0 Å². The van der Waals surface area contributed by atoms with E-state index in [2.05, 4.69) is 10.2 Å². The molecular weight excluding hydrogens is 356 g/mol. The van der Waals surface area contributed by atoms with Crippen molar-refractivity contribution >= 4 is 23.2 Å². The van der Waals surface area contributed by atoms with Crippen molar-refractivity contribution in [1.82, 2.24) is 9.80 Å². The molecule has 28 heavy (non-hydrogen) atoms. The number of carbonyl (C=O) groups excluding carboxylic acids is 2. The number of nitrogens with one attached hydrogen (secondary N) is 1. The van der Waals surface area contributed by atoms with Crippen LogP contribution in [0.25, 0.3) is 0 Å². The summed E-state index contributed by atoms with van der Waals surface area (Å²) in [6.07, 6.45) is 0. The van der Waals surface area contributed by atoms with Crippen LogP contribution in [0.15, 0.2) is 18.2 Å². The summed E-state index contributed by atoms with van der Waals surface area (Å²) in [6, 6.07) is 5.76. The third-order valence-electron chi connectivity index (χ3n) is 4.23. The third-order valence-corrected chi connectivity index (χ3v) is 4.23. The lowest BCUT2D eigenvalue weighted by Gasteiger charge is -2.32. The maximum absolute atomic E-state index is 13.0. The number of amides is 2. The molecule has 0 bridgehead atoms. The van der Waals surface area contributed by atoms with Gasteiger partial charge < -0.3 is 24.8 Å². The van der Waals surface area contributed by atoms with Crippen LogP contribution in [0.3, 0.4) is 0 Å². The molecule has 0 unspecified atom stereocenters. The van der Waals surface area contributed by atoms with Gasteiger partial charge in [-0.25, -0.2) is 0 Å². The molecule has 158 valence electrons. The van der Waals surface area contributed by atoms with Crippen LogP contribution in [0.2, 0.25) is 0 Å². The standard InChI is InChI=1S/C21H36N4O3/c1-21(2,3)20(27)25(12-11-23(4)5)14-16-13-17(22-19(26)15-28-8)9-10-18(16)24(6)7/h9-10,13H,11-12,14-15H2,1-8H3,(H,22,26). The van der Waals surface area contributed by atoms with E-state index in [0.717, 1.165) is 17.8 Å². The van der Waals surface area contributed by atoms with E-state index in [-0.39, 0.29) is 18.4 Å². The Morgan fingerprint density at radius 2 is 1.71 bits per heavy atom. The molecule has 2 amide bonds. The minimum atomic E-state index is -0.463. The molecule has 0 aliphatic carbocycles. The Hall–Kier alpha value is -2.12. The van der Waals surface area contributed by atoms with E-state index in [1.807, 2.05) is 77.0 Å². The fraction of sp³-hybridized carbons (Fsp3) is 0.619. The molecule has 0 heterocycles. The van der Waals surface area contributed by atoms with Gasteiger partial charge in [-0.05, 0) is 37.9 Å². The van der Waals surface area contributed by atoms with Crippen LogP contribution in [0.1, 0.15) is 26.3 Å². The molecule has 0 aliphatic heterocycles. The van der Waals surface area contributed by atoms with Gasteiger partial charge >= 0.3 is 0 Å². The van der Waals surface area contributed by atoms with Gasteiger partial charge in [0, 0.05) is 57.6 Å². The molecule has 0 atom stereocenters. The summed E-state index contributed by atoms with van der Waals surface area (Å²) in [5, 5.41) is 2.84. The first-order chi connectivity index (χ1) is 13.0. The number of benzene rings is 1. The number of nitrogens with zero attached hydrogens (tertiary/aromatic N) is 3. The molecule has 0 saturated heterocycles. The number of rotatable bonds is 9. The Bertz CT molecular complexity index is 666. The lowest BCUT2D eigenvalue weighted by molar-refractivity contribution is -0.140. The second-order valence-corrected chi connectivity index (χ2v) is 8.50. The van der Waals surface area contributed by atoms with Gasteiger partial charge in [-0.3, -0.25) is 9.59 Å². The van der Waals surface area contributed by atoms with Gasteiger partial charge in [0.2, 0.25) is 11.8 Å². The monoisotopic (exact) mass is 392 g/mol. The lowest BCUT2D eigenvalue weighted by Crippen LogP contribution is -2.42. The van der Waals surface area contributed by atoms with E-state index in [0.29, 0.717) is 18.8 Å². The smallest absolute Gasteiger partial charge is 0.250 e. The molecule has 1 aromatic carbocycles. The normalized spacial score (nSPS) is 11.5. The lowest BCUT2D eigenvalue weighted by atomic mass is 9.94. The highest BCUT2D eigenvalue weighted by atomic mass is 16.5. The third kappa shape index (κ3) is 7.48. The van der Waals surface area contributed by atoms with Crippen LogP contribution < -0.4 is 10.2 Å². The molecule has 0 spiro atoms. The predicted octanol–water partition coefficient (Wildman–Crippen LogP) is 2.27. The number of hydrogen-bond donors (Lipinski definition) is 1. The van der Waals surface area contributed by atoms with Crippen molar-refractivity contribution in [3.63, 3.8) is 0 Å². The van der Waals surface area contributed by atoms with Crippen LogP contribution >= 0.6 is 0 Å². The van der Waals surface area contributed by atoms with Gasteiger partial charge in [-0.2, -0.15) is 0 Å². The summed E-state index contributed by atoms with van der Waals surface area (Å²) in [5.74, 6) is -0.103. The fourth-order valence-electron chi connectivity index (χ4n) is 2.81. The Kier molecular flexibility index (Phi) is 8.91. The van der Waals surface area contributed by atoms with Crippen molar-refractivity contribution in [2.75, 3.05) is 65.2 Å². The largest absolute Gasteiger partial charge is 0.377 e. The van der Waals surface area contributed by atoms with Crippen molar-refractivity contribution in [3.05, 3.63) is 23.8 Å². The number of carbonyl (C=O) groups is 2. The van der Waals surface area contributed by atoms with Gasteiger partial charge in [0.15, 0.2) is 0 Å². The van der Waals surface area contributed by atoms with Crippen LogP contribution in [-0.2, 0) is 20.9 Å². The first kappa shape index (κ1) is 23.9.